The zero-order valence-corrected chi connectivity index (χ0v) is 20.1. The predicted molar refractivity (Wildman–Crippen MR) is 137 cm³/mol. The largest absolute Gasteiger partial charge is 0.361 e. The number of H-pyrrole nitrogens is 1. The lowest BCUT2D eigenvalue weighted by Gasteiger charge is -2.25. The molecule has 2 N–H and O–H groups in total. The first kappa shape index (κ1) is 22.7. The van der Waals surface area contributed by atoms with Crippen molar-refractivity contribution in [3.05, 3.63) is 65.3 Å². The second-order valence-electron chi connectivity index (χ2n) is 8.35. The Hall–Kier alpha value is -3.10. The van der Waals surface area contributed by atoms with Crippen LogP contribution in [0.25, 0.3) is 22.3 Å². The molecule has 2 aromatic carbocycles. The van der Waals surface area contributed by atoms with Gasteiger partial charge in [-0.15, -0.1) is 10.2 Å². The number of hydrazone groups is 1. The van der Waals surface area contributed by atoms with E-state index in [-0.39, 0.29) is 11.7 Å². The third-order valence-corrected chi connectivity index (χ3v) is 7.25. The lowest BCUT2D eigenvalue weighted by molar-refractivity contribution is -0.118. The van der Waals surface area contributed by atoms with Crippen molar-refractivity contribution in [2.75, 3.05) is 5.75 Å². The Morgan fingerprint density at radius 3 is 2.76 bits per heavy atom. The Morgan fingerprint density at radius 1 is 1.15 bits per heavy atom. The van der Waals surface area contributed by atoms with Gasteiger partial charge in [0.15, 0.2) is 11.0 Å². The van der Waals surface area contributed by atoms with Crippen LogP contribution >= 0.6 is 23.4 Å². The number of nitrogens with zero attached hydrogens (tertiary/aromatic N) is 4. The molecule has 1 fully saturated rings. The fraction of sp³-hybridized carbons (Fsp3) is 0.280. The van der Waals surface area contributed by atoms with Crippen LogP contribution in [0.5, 0.6) is 0 Å². The Kier molecular flexibility index (Phi) is 6.97. The van der Waals surface area contributed by atoms with E-state index in [0.717, 1.165) is 45.9 Å². The summed E-state index contributed by atoms with van der Waals surface area (Å²) in [7, 11) is 0. The predicted octanol–water partition coefficient (Wildman–Crippen LogP) is 5.83. The van der Waals surface area contributed by atoms with Crippen molar-refractivity contribution in [1.29, 1.82) is 0 Å². The third kappa shape index (κ3) is 5.03. The number of benzene rings is 2. The minimum absolute atomic E-state index is 0.188. The lowest BCUT2D eigenvalue weighted by Crippen LogP contribution is -2.20. The molecule has 0 spiro atoms. The van der Waals surface area contributed by atoms with E-state index in [1.165, 1.54) is 31.0 Å². The third-order valence-electron chi connectivity index (χ3n) is 6.05. The van der Waals surface area contributed by atoms with Crippen LogP contribution < -0.4 is 5.43 Å². The van der Waals surface area contributed by atoms with Crippen molar-refractivity contribution in [2.45, 2.75) is 43.3 Å². The van der Waals surface area contributed by atoms with Gasteiger partial charge in [-0.05, 0) is 43.2 Å². The minimum atomic E-state index is -0.188. The maximum absolute atomic E-state index is 12.5. The summed E-state index contributed by atoms with van der Waals surface area (Å²) >= 11 is 7.46. The number of aromatic amines is 1. The Labute approximate surface area is 207 Å². The van der Waals surface area contributed by atoms with Gasteiger partial charge in [-0.3, -0.25) is 9.36 Å². The van der Waals surface area contributed by atoms with Crippen LogP contribution in [0.3, 0.4) is 0 Å². The number of fused-ring (bicyclic) bond motifs is 1. The molecule has 5 rings (SSSR count). The highest BCUT2D eigenvalue weighted by Crippen LogP contribution is 2.35. The average Bonchev–Trinajstić information content (AvgIpc) is 3.48. The van der Waals surface area contributed by atoms with E-state index in [1.807, 2.05) is 54.7 Å². The molecule has 0 saturated heterocycles. The van der Waals surface area contributed by atoms with Gasteiger partial charge in [0.2, 0.25) is 0 Å². The SMILES string of the molecule is O=C(CSc1nnc(-c2ccc(Cl)cc2)n1C1CCCCC1)N/N=C\c1c[nH]c2ccccc12. The molecule has 0 atom stereocenters. The van der Waals surface area contributed by atoms with Crippen LogP contribution in [-0.2, 0) is 4.79 Å². The normalized spacial score (nSPS) is 14.7. The number of aromatic nitrogens is 4. The first-order valence-corrected chi connectivity index (χ1v) is 12.8. The summed E-state index contributed by atoms with van der Waals surface area (Å²) < 4.78 is 2.20. The highest BCUT2D eigenvalue weighted by atomic mass is 35.5. The molecule has 1 aliphatic rings. The van der Waals surface area contributed by atoms with Crippen molar-refractivity contribution in [3.8, 4) is 11.4 Å². The van der Waals surface area contributed by atoms with Crippen molar-refractivity contribution in [2.24, 2.45) is 5.10 Å². The molecule has 174 valence electrons. The summed E-state index contributed by atoms with van der Waals surface area (Å²) in [6.07, 6.45) is 9.35. The fourth-order valence-electron chi connectivity index (χ4n) is 4.38. The molecule has 1 aliphatic carbocycles. The van der Waals surface area contributed by atoms with Gasteiger partial charge in [-0.1, -0.05) is 60.8 Å². The van der Waals surface area contributed by atoms with Crippen LogP contribution in [-0.4, -0.2) is 37.6 Å². The summed E-state index contributed by atoms with van der Waals surface area (Å²) in [6.45, 7) is 0. The quantitative estimate of drug-likeness (QED) is 0.193. The first-order chi connectivity index (χ1) is 16.7. The van der Waals surface area contributed by atoms with Gasteiger partial charge in [-0.25, -0.2) is 5.43 Å². The monoisotopic (exact) mass is 492 g/mol. The molecule has 4 aromatic rings. The molecular formula is C25H25ClN6OS. The maximum Gasteiger partial charge on any atom is 0.250 e. The van der Waals surface area contributed by atoms with E-state index in [1.54, 1.807) is 6.21 Å². The standard InChI is InChI=1S/C25H25ClN6OS/c26-19-12-10-17(11-13-19)24-30-31-25(32(24)20-6-2-1-3-7-20)34-16-23(33)29-28-15-18-14-27-22-9-5-4-8-21(18)22/h4-5,8-15,20,27H,1-3,6-7,16H2,(H,29,33)/b28-15-. The van der Waals surface area contributed by atoms with Crippen molar-refractivity contribution >= 4 is 46.4 Å². The molecule has 34 heavy (non-hydrogen) atoms. The number of hydrogen-bond acceptors (Lipinski definition) is 5. The van der Waals surface area contributed by atoms with Gasteiger partial charge in [-0.2, -0.15) is 5.10 Å². The molecule has 0 unspecified atom stereocenters. The summed E-state index contributed by atoms with van der Waals surface area (Å²) in [5, 5.41) is 15.6. The zero-order valence-electron chi connectivity index (χ0n) is 18.6. The molecule has 1 amide bonds. The number of carbonyl (C=O) groups excluding carboxylic acids is 1. The Bertz CT molecular complexity index is 1310. The highest BCUT2D eigenvalue weighted by Gasteiger charge is 2.24. The van der Waals surface area contributed by atoms with Crippen LogP contribution in [0.1, 0.15) is 43.7 Å². The van der Waals surface area contributed by atoms with Crippen LogP contribution in [0.4, 0.5) is 0 Å². The molecule has 9 heteroatoms. The summed E-state index contributed by atoms with van der Waals surface area (Å²) in [4.78, 5) is 15.7. The lowest BCUT2D eigenvalue weighted by atomic mass is 9.95. The van der Waals surface area contributed by atoms with Crippen LogP contribution in [0.2, 0.25) is 5.02 Å². The van der Waals surface area contributed by atoms with Gasteiger partial charge in [0, 0.05) is 39.3 Å². The smallest absolute Gasteiger partial charge is 0.250 e. The molecular weight excluding hydrogens is 468 g/mol. The van der Waals surface area contributed by atoms with E-state index >= 15 is 0 Å². The number of amides is 1. The van der Waals surface area contributed by atoms with Crippen LogP contribution in [0.15, 0.2) is 65.0 Å². The van der Waals surface area contributed by atoms with Gasteiger partial charge < -0.3 is 4.98 Å². The molecule has 0 radical (unpaired) electrons. The van der Waals surface area contributed by atoms with E-state index < -0.39 is 0 Å². The number of para-hydroxylation sites is 1. The van der Waals surface area contributed by atoms with Crippen LogP contribution in [0, 0.1) is 0 Å². The number of thioether (sulfide) groups is 1. The van der Waals surface area contributed by atoms with Gasteiger partial charge in [0.1, 0.15) is 0 Å². The molecule has 2 heterocycles. The summed E-state index contributed by atoms with van der Waals surface area (Å²) in [6, 6.07) is 16.0. The average molecular weight is 493 g/mol. The number of nitrogens with one attached hydrogen (secondary N) is 2. The molecule has 0 aliphatic heterocycles. The number of halogens is 1. The molecule has 1 saturated carbocycles. The minimum Gasteiger partial charge on any atom is -0.361 e. The molecule has 7 nitrogen and oxygen atoms in total. The number of hydrogen-bond donors (Lipinski definition) is 2. The van der Waals surface area contributed by atoms with Crippen molar-refractivity contribution < 1.29 is 4.79 Å². The van der Waals surface area contributed by atoms with E-state index in [4.69, 9.17) is 11.6 Å². The maximum atomic E-state index is 12.5. The van der Waals surface area contributed by atoms with E-state index in [2.05, 4.69) is 30.3 Å². The Morgan fingerprint density at radius 2 is 1.94 bits per heavy atom. The summed E-state index contributed by atoms with van der Waals surface area (Å²) in [5.74, 6) is 0.840. The van der Waals surface area contributed by atoms with Gasteiger partial charge in [0.05, 0.1) is 12.0 Å². The first-order valence-electron chi connectivity index (χ1n) is 11.4. The zero-order chi connectivity index (χ0) is 23.3. The second kappa shape index (κ2) is 10.4. The highest BCUT2D eigenvalue weighted by molar-refractivity contribution is 7.99. The molecule has 0 bridgehead atoms. The van der Waals surface area contributed by atoms with Crippen molar-refractivity contribution in [1.82, 2.24) is 25.2 Å². The molecule has 2 aromatic heterocycles. The number of carbonyl (C=O) groups is 1. The fourth-order valence-corrected chi connectivity index (χ4v) is 5.30. The van der Waals surface area contributed by atoms with E-state index in [0.29, 0.717) is 11.1 Å². The topological polar surface area (TPSA) is 88.0 Å². The van der Waals surface area contributed by atoms with Gasteiger partial charge in [0.25, 0.3) is 5.91 Å². The number of rotatable bonds is 7. The van der Waals surface area contributed by atoms with Crippen molar-refractivity contribution in [3.63, 3.8) is 0 Å². The summed E-state index contributed by atoms with van der Waals surface area (Å²) in [5.41, 5.74) is 5.55. The second-order valence-corrected chi connectivity index (χ2v) is 9.73. The Balaban J connectivity index is 1.28. The van der Waals surface area contributed by atoms with E-state index in [9.17, 15) is 4.79 Å². The van der Waals surface area contributed by atoms with Gasteiger partial charge >= 0.3 is 0 Å².